The molecule has 5 nitrogen and oxygen atoms in total. The maximum absolute atomic E-state index is 9.47. The van der Waals surface area contributed by atoms with Gasteiger partial charge < -0.3 is 5.73 Å². The number of thiophene rings is 1. The summed E-state index contributed by atoms with van der Waals surface area (Å²) in [6.45, 7) is 0. The molecule has 2 N–H and O–H groups in total. The predicted octanol–water partition coefficient (Wildman–Crippen LogP) is 4.18. The number of nitrogens with zero attached hydrogens (tertiary/aromatic N) is 4. The second-order valence-corrected chi connectivity index (χ2v) is 6.79. The van der Waals surface area contributed by atoms with E-state index in [1.807, 2.05) is 53.2 Å². The van der Waals surface area contributed by atoms with E-state index in [9.17, 15) is 5.26 Å². The second kappa shape index (κ2) is 5.92. The van der Waals surface area contributed by atoms with Crippen LogP contribution in [0.15, 0.2) is 53.2 Å². The molecule has 1 aromatic carbocycles. The molecule has 0 atom stereocenters. The average molecular weight is 349 g/mol. The van der Waals surface area contributed by atoms with Crippen LogP contribution in [-0.4, -0.2) is 14.8 Å². The number of nitriles is 1. The summed E-state index contributed by atoms with van der Waals surface area (Å²) < 4.78 is 1.57. The van der Waals surface area contributed by atoms with Crippen LogP contribution in [0.2, 0.25) is 0 Å². The van der Waals surface area contributed by atoms with Crippen molar-refractivity contribution in [2.24, 2.45) is 0 Å². The molecule has 0 bridgehead atoms. The van der Waals surface area contributed by atoms with Gasteiger partial charge in [-0.25, -0.2) is 9.67 Å². The Morgan fingerprint density at radius 1 is 1.08 bits per heavy atom. The Morgan fingerprint density at radius 3 is 2.62 bits per heavy atom. The molecule has 0 aliphatic rings. The minimum atomic E-state index is 0.323. The lowest BCUT2D eigenvalue weighted by Crippen LogP contribution is -1.99. The van der Waals surface area contributed by atoms with Crippen LogP contribution < -0.4 is 5.73 Å². The van der Waals surface area contributed by atoms with Crippen LogP contribution in [0.1, 0.15) is 5.69 Å². The summed E-state index contributed by atoms with van der Waals surface area (Å²) in [5.74, 6) is 0. The van der Waals surface area contributed by atoms with E-state index in [0.717, 1.165) is 16.3 Å². The van der Waals surface area contributed by atoms with Gasteiger partial charge in [-0.05, 0) is 23.6 Å². The summed E-state index contributed by atoms with van der Waals surface area (Å²) in [6.07, 6.45) is 0. The van der Waals surface area contributed by atoms with Gasteiger partial charge in [0.25, 0.3) is 0 Å². The average Bonchev–Trinajstić information content (AvgIpc) is 3.34. The number of para-hydroxylation sites is 1. The van der Waals surface area contributed by atoms with E-state index in [1.165, 1.54) is 11.3 Å². The molecule has 0 radical (unpaired) electrons. The zero-order valence-electron chi connectivity index (χ0n) is 12.4. The normalized spacial score (nSPS) is 10.6. The zero-order valence-corrected chi connectivity index (χ0v) is 14.0. The fourth-order valence-electron chi connectivity index (χ4n) is 2.37. The lowest BCUT2D eigenvalue weighted by molar-refractivity contribution is 0.870. The van der Waals surface area contributed by atoms with Gasteiger partial charge in [-0.15, -0.1) is 22.7 Å². The van der Waals surface area contributed by atoms with Gasteiger partial charge in [0.15, 0.2) is 5.69 Å². The highest BCUT2D eigenvalue weighted by Gasteiger charge is 2.20. The van der Waals surface area contributed by atoms with Crippen LogP contribution in [0.4, 0.5) is 5.69 Å². The van der Waals surface area contributed by atoms with Gasteiger partial charge in [-0.2, -0.15) is 10.4 Å². The number of benzene rings is 1. The fraction of sp³-hybridized carbons (Fsp3) is 0. The second-order valence-electron chi connectivity index (χ2n) is 4.99. The topological polar surface area (TPSA) is 80.5 Å². The summed E-state index contributed by atoms with van der Waals surface area (Å²) in [5, 5.41) is 18.7. The number of hydrogen-bond donors (Lipinski definition) is 1. The van der Waals surface area contributed by atoms with Crippen molar-refractivity contribution in [1.82, 2.24) is 14.8 Å². The Balaban J connectivity index is 1.83. The zero-order chi connectivity index (χ0) is 16.5. The van der Waals surface area contributed by atoms with Crippen molar-refractivity contribution in [1.29, 1.82) is 5.26 Å². The van der Waals surface area contributed by atoms with Gasteiger partial charge in [-0.1, -0.05) is 24.3 Å². The highest BCUT2D eigenvalue weighted by molar-refractivity contribution is 7.15. The molecular formula is C17H11N5S2. The maximum atomic E-state index is 9.47. The van der Waals surface area contributed by atoms with E-state index in [1.54, 1.807) is 16.0 Å². The van der Waals surface area contributed by atoms with Crippen molar-refractivity contribution in [3.8, 4) is 33.0 Å². The van der Waals surface area contributed by atoms with E-state index >= 15 is 0 Å². The van der Waals surface area contributed by atoms with E-state index < -0.39 is 0 Å². The van der Waals surface area contributed by atoms with Crippen LogP contribution in [0.5, 0.6) is 0 Å². The first-order chi connectivity index (χ1) is 11.8. The third-order valence-electron chi connectivity index (χ3n) is 3.51. The van der Waals surface area contributed by atoms with Gasteiger partial charge in [0.1, 0.15) is 16.8 Å². The van der Waals surface area contributed by atoms with Crippen molar-refractivity contribution in [2.45, 2.75) is 0 Å². The smallest absolute Gasteiger partial charge is 0.167 e. The number of anilines is 1. The number of hydrogen-bond acceptors (Lipinski definition) is 6. The minimum Gasteiger partial charge on any atom is -0.394 e. The van der Waals surface area contributed by atoms with Crippen molar-refractivity contribution < 1.29 is 0 Å². The van der Waals surface area contributed by atoms with Gasteiger partial charge in [0.05, 0.1) is 21.9 Å². The number of thiazole rings is 1. The molecule has 4 rings (SSSR count). The van der Waals surface area contributed by atoms with Crippen LogP contribution in [-0.2, 0) is 0 Å². The Bertz CT molecular complexity index is 1020. The molecule has 0 fully saturated rings. The summed E-state index contributed by atoms with van der Waals surface area (Å²) >= 11 is 3.11. The van der Waals surface area contributed by atoms with Crippen LogP contribution >= 0.6 is 22.7 Å². The van der Waals surface area contributed by atoms with Gasteiger partial charge in [0, 0.05) is 5.38 Å². The molecule has 7 heteroatoms. The third kappa shape index (κ3) is 2.38. The molecule has 3 aromatic heterocycles. The molecule has 3 heterocycles. The first-order valence-electron chi connectivity index (χ1n) is 7.11. The molecule has 116 valence electrons. The number of aromatic nitrogens is 3. The Labute approximate surface area is 146 Å². The quantitative estimate of drug-likeness (QED) is 0.602. The lowest BCUT2D eigenvalue weighted by Gasteiger charge is -2.01. The van der Waals surface area contributed by atoms with Crippen molar-refractivity contribution in [3.05, 3.63) is 58.9 Å². The fourth-order valence-corrected chi connectivity index (χ4v) is 3.95. The van der Waals surface area contributed by atoms with Crippen LogP contribution in [0.25, 0.3) is 27.0 Å². The number of nitrogens with two attached hydrogens (primary N) is 1. The highest BCUT2D eigenvalue weighted by atomic mass is 32.1. The summed E-state index contributed by atoms with van der Waals surface area (Å²) in [7, 11) is 0. The first kappa shape index (κ1) is 14.6. The monoisotopic (exact) mass is 349 g/mol. The lowest BCUT2D eigenvalue weighted by atomic mass is 10.3. The van der Waals surface area contributed by atoms with Gasteiger partial charge in [0.2, 0.25) is 0 Å². The number of rotatable bonds is 3. The van der Waals surface area contributed by atoms with Gasteiger partial charge >= 0.3 is 0 Å². The van der Waals surface area contributed by atoms with E-state index in [-0.39, 0.29) is 0 Å². The van der Waals surface area contributed by atoms with Crippen molar-refractivity contribution in [3.63, 3.8) is 0 Å². The molecule has 0 aliphatic heterocycles. The maximum Gasteiger partial charge on any atom is 0.167 e. The molecule has 0 unspecified atom stereocenters. The molecule has 0 aliphatic carbocycles. The largest absolute Gasteiger partial charge is 0.394 e. The molecule has 4 aromatic rings. The highest BCUT2D eigenvalue weighted by Crippen LogP contribution is 2.34. The molecule has 0 saturated carbocycles. The summed E-state index contributed by atoms with van der Waals surface area (Å²) in [4.78, 5) is 5.73. The molecule has 0 amide bonds. The minimum absolute atomic E-state index is 0.323. The first-order valence-corrected chi connectivity index (χ1v) is 8.87. The van der Waals surface area contributed by atoms with E-state index in [0.29, 0.717) is 22.1 Å². The molecular weight excluding hydrogens is 338 g/mol. The third-order valence-corrected chi connectivity index (χ3v) is 5.25. The molecule has 0 saturated heterocycles. The van der Waals surface area contributed by atoms with Crippen LogP contribution in [0.3, 0.4) is 0 Å². The SMILES string of the molecule is N#Cc1c(N)c(-c2nc(-c3cccs3)cs2)nn1-c1ccccc1. The predicted molar refractivity (Wildman–Crippen MR) is 97.1 cm³/mol. The van der Waals surface area contributed by atoms with Crippen LogP contribution in [0, 0.1) is 11.3 Å². The molecule has 24 heavy (non-hydrogen) atoms. The number of nitrogen functional groups attached to an aromatic ring is 1. The van der Waals surface area contributed by atoms with E-state index in [4.69, 9.17) is 5.73 Å². The standard InChI is InChI=1S/C17H11N5S2/c18-9-13-15(19)16(21-22(13)11-5-2-1-3-6-11)17-20-12(10-24-17)14-7-4-8-23-14/h1-8,10H,19H2. The van der Waals surface area contributed by atoms with Gasteiger partial charge in [-0.3, -0.25) is 0 Å². The van der Waals surface area contributed by atoms with Crippen molar-refractivity contribution >= 4 is 28.4 Å². The van der Waals surface area contributed by atoms with E-state index in [2.05, 4.69) is 16.2 Å². The van der Waals surface area contributed by atoms with Crippen molar-refractivity contribution in [2.75, 3.05) is 5.73 Å². The Morgan fingerprint density at radius 2 is 1.92 bits per heavy atom. The molecule has 0 spiro atoms. The Kier molecular flexibility index (Phi) is 3.61. The Hall–Kier alpha value is -2.95. The summed E-state index contributed by atoms with van der Waals surface area (Å²) in [5.41, 5.74) is 9.09. The summed E-state index contributed by atoms with van der Waals surface area (Å²) in [6, 6.07) is 15.6.